The van der Waals surface area contributed by atoms with E-state index in [0.717, 1.165) is 6.04 Å². The molecule has 2 heterocycles. The van der Waals surface area contributed by atoms with Gasteiger partial charge in [0.1, 0.15) is 0 Å². The molecule has 1 N–H and O–H groups in total. The highest BCUT2D eigenvalue weighted by molar-refractivity contribution is 4.88. The maximum atomic E-state index is 3.55. The zero-order chi connectivity index (χ0) is 10.9. The van der Waals surface area contributed by atoms with Gasteiger partial charge in [0.25, 0.3) is 0 Å². The van der Waals surface area contributed by atoms with Crippen molar-refractivity contribution in [2.45, 2.75) is 58.5 Å². The Kier molecular flexibility index (Phi) is 3.36. The van der Waals surface area contributed by atoms with Gasteiger partial charge in [0, 0.05) is 18.6 Å². The molecule has 2 aliphatic rings. The number of likely N-dealkylation sites (tertiary alicyclic amines) is 1. The lowest BCUT2D eigenvalue weighted by Crippen LogP contribution is -2.51. The van der Waals surface area contributed by atoms with E-state index in [-0.39, 0.29) is 0 Å². The second kappa shape index (κ2) is 4.42. The highest BCUT2D eigenvalue weighted by Gasteiger charge is 2.32. The minimum Gasteiger partial charge on any atom is -0.314 e. The fraction of sp³-hybridized carbons (Fsp3) is 1.00. The summed E-state index contributed by atoms with van der Waals surface area (Å²) in [5.41, 5.74) is 0.548. The monoisotopic (exact) mass is 210 g/mol. The number of nitrogens with one attached hydrogen (secondary N) is 1. The molecule has 0 aromatic heterocycles. The average Bonchev–Trinajstić information content (AvgIpc) is 2.16. The van der Waals surface area contributed by atoms with Crippen LogP contribution in [0.2, 0.25) is 0 Å². The highest BCUT2D eigenvalue weighted by Crippen LogP contribution is 2.31. The summed E-state index contributed by atoms with van der Waals surface area (Å²) in [5, 5.41) is 3.55. The Hall–Kier alpha value is -0.0800. The zero-order valence-corrected chi connectivity index (χ0v) is 10.6. The molecule has 2 rings (SSSR count). The van der Waals surface area contributed by atoms with E-state index in [9.17, 15) is 0 Å². The van der Waals surface area contributed by atoms with Crippen molar-refractivity contribution in [3.8, 4) is 0 Å². The van der Waals surface area contributed by atoms with Crippen LogP contribution in [0.15, 0.2) is 0 Å². The van der Waals surface area contributed by atoms with Crippen molar-refractivity contribution in [1.29, 1.82) is 0 Å². The van der Waals surface area contributed by atoms with E-state index in [4.69, 9.17) is 0 Å². The van der Waals surface area contributed by atoms with E-state index >= 15 is 0 Å². The fourth-order valence-corrected chi connectivity index (χ4v) is 3.22. The molecular formula is C13H26N2. The predicted octanol–water partition coefficient (Wildman–Crippen LogP) is 2.25. The summed E-state index contributed by atoms with van der Waals surface area (Å²) in [6.07, 6.45) is 5.49. The predicted molar refractivity (Wildman–Crippen MR) is 65.1 cm³/mol. The summed E-state index contributed by atoms with van der Waals surface area (Å²) in [5.74, 6) is 0. The van der Waals surface area contributed by atoms with Crippen molar-refractivity contribution >= 4 is 0 Å². The second-order valence-corrected chi connectivity index (χ2v) is 6.27. The van der Waals surface area contributed by atoms with Gasteiger partial charge in [-0.25, -0.2) is 0 Å². The number of piperidine rings is 2. The van der Waals surface area contributed by atoms with Crippen LogP contribution in [0.25, 0.3) is 0 Å². The third kappa shape index (κ3) is 2.94. The van der Waals surface area contributed by atoms with E-state index in [1.165, 1.54) is 45.3 Å². The molecule has 2 nitrogen and oxygen atoms in total. The van der Waals surface area contributed by atoms with Crippen LogP contribution in [0, 0.1) is 5.41 Å². The molecule has 15 heavy (non-hydrogen) atoms. The van der Waals surface area contributed by atoms with E-state index < -0.39 is 0 Å². The van der Waals surface area contributed by atoms with Gasteiger partial charge in [-0.05, 0) is 51.1 Å². The molecule has 0 amide bonds. The lowest BCUT2D eigenvalue weighted by atomic mass is 9.82. The molecule has 0 saturated carbocycles. The third-order valence-corrected chi connectivity index (χ3v) is 4.04. The summed E-state index contributed by atoms with van der Waals surface area (Å²) in [7, 11) is 0. The largest absolute Gasteiger partial charge is 0.314 e. The summed E-state index contributed by atoms with van der Waals surface area (Å²) in [4.78, 5) is 2.75. The molecular weight excluding hydrogens is 184 g/mol. The average molecular weight is 210 g/mol. The van der Waals surface area contributed by atoms with Gasteiger partial charge < -0.3 is 5.32 Å². The summed E-state index contributed by atoms with van der Waals surface area (Å²) < 4.78 is 0. The van der Waals surface area contributed by atoms with E-state index in [2.05, 4.69) is 31.0 Å². The molecule has 0 radical (unpaired) electrons. The lowest BCUT2D eigenvalue weighted by molar-refractivity contribution is 0.0581. The Bertz CT molecular complexity index is 213. The first kappa shape index (κ1) is 11.4. The normalized spacial score (nSPS) is 37.8. The Morgan fingerprint density at radius 1 is 1.33 bits per heavy atom. The molecule has 0 bridgehead atoms. The van der Waals surface area contributed by atoms with Gasteiger partial charge in [0.15, 0.2) is 0 Å². The minimum atomic E-state index is 0.548. The summed E-state index contributed by atoms with van der Waals surface area (Å²) >= 11 is 0. The number of hydrogen-bond acceptors (Lipinski definition) is 2. The van der Waals surface area contributed by atoms with Crippen LogP contribution >= 0.6 is 0 Å². The van der Waals surface area contributed by atoms with Gasteiger partial charge >= 0.3 is 0 Å². The van der Waals surface area contributed by atoms with Crippen LogP contribution in [-0.2, 0) is 0 Å². The number of nitrogens with zero attached hydrogens (tertiary/aromatic N) is 1. The topological polar surface area (TPSA) is 15.3 Å². The first-order valence-electron chi connectivity index (χ1n) is 6.54. The van der Waals surface area contributed by atoms with Gasteiger partial charge in [-0.3, -0.25) is 4.90 Å². The van der Waals surface area contributed by atoms with E-state index in [1.54, 1.807) is 0 Å². The minimum absolute atomic E-state index is 0.548. The van der Waals surface area contributed by atoms with Gasteiger partial charge in [-0.2, -0.15) is 0 Å². The maximum Gasteiger partial charge on any atom is 0.0122 e. The zero-order valence-electron chi connectivity index (χ0n) is 10.6. The number of hydrogen-bond donors (Lipinski definition) is 1. The molecule has 2 fully saturated rings. The van der Waals surface area contributed by atoms with Gasteiger partial charge in [0.05, 0.1) is 0 Å². The smallest absolute Gasteiger partial charge is 0.0122 e. The Morgan fingerprint density at radius 2 is 2.13 bits per heavy atom. The molecule has 2 aliphatic heterocycles. The number of rotatable bonds is 1. The molecule has 0 aromatic rings. The van der Waals surface area contributed by atoms with E-state index in [0.29, 0.717) is 11.5 Å². The molecule has 2 atom stereocenters. The van der Waals surface area contributed by atoms with Crippen molar-refractivity contribution in [2.24, 2.45) is 5.41 Å². The third-order valence-electron chi connectivity index (χ3n) is 4.04. The fourth-order valence-electron chi connectivity index (χ4n) is 3.22. The van der Waals surface area contributed by atoms with Crippen LogP contribution < -0.4 is 5.32 Å². The van der Waals surface area contributed by atoms with Crippen molar-refractivity contribution in [3.63, 3.8) is 0 Å². The SMILES string of the molecule is CC1CC(N2CCCC(C)(C)C2)CCN1. The first-order valence-corrected chi connectivity index (χ1v) is 6.54. The van der Waals surface area contributed by atoms with Crippen molar-refractivity contribution in [3.05, 3.63) is 0 Å². The van der Waals surface area contributed by atoms with Crippen LogP contribution in [-0.4, -0.2) is 36.6 Å². The van der Waals surface area contributed by atoms with Crippen molar-refractivity contribution in [2.75, 3.05) is 19.6 Å². The van der Waals surface area contributed by atoms with Crippen molar-refractivity contribution in [1.82, 2.24) is 10.2 Å². The van der Waals surface area contributed by atoms with E-state index in [1.807, 2.05) is 0 Å². The Morgan fingerprint density at radius 3 is 2.80 bits per heavy atom. The molecule has 0 spiro atoms. The maximum absolute atomic E-state index is 3.55. The highest BCUT2D eigenvalue weighted by atomic mass is 15.2. The van der Waals surface area contributed by atoms with Crippen LogP contribution in [0.4, 0.5) is 0 Å². The van der Waals surface area contributed by atoms with Gasteiger partial charge in [0.2, 0.25) is 0 Å². The molecule has 2 saturated heterocycles. The Balaban J connectivity index is 1.92. The Labute approximate surface area is 94.4 Å². The van der Waals surface area contributed by atoms with Gasteiger partial charge in [-0.15, -0.1) is 0 Å². The molecule has 0 aliphatic carbocycles. The summed E-state index contributed by atoms with van der Waals surface area (Å²) in [6.45, 7) is 11.0. The first-order chi connectivity index (χ1) is 7.07. The van der Waals surface area contributed by atoms with Crippen LogP contribution in [0.1, 0.15) is 46.5 Å². The standard InChI is InChI=1S/C13H26N2/c1-11-9-12(5-7-14-11)15-8-4-6-13(2,3)10-15/h11-12,14H,4-10H2,1-3H3. The van der Waals surface area contributed by atoms with Crippen LogP contribution in [0.3, 0.4) is 0 Å². The molecule has 0 aromatic carbocycles. The molecule has 88 valence electrons. The molecule has 2 heteroatoms. The second-order valence-electron chi connectivity index (χ2n) is 6.27. The summed E-state index contributed by atoms with van der Waals surface area (Å²) in [6, 6.07) is 1.56. The lowest BCUT2D eigenvalue weighted by Gasteiger charge is -2.44. The quantitative estimate of drug-likeness (QED) is 0.714. The van der Waals surface area contributed by atoms with Gasteiger partial charge in [-0.1, -0.05) is 13.8 Å². The molecule has 2 unspecified atom stereocenters. The van der Waals surface area contributed by atoms with Crippen molar-refractivity contribution < 1.29 is 0 Å². The van der Waals surface area contributed by atoms with Crippen LogP contribution in [0.5, 0.6) is 0 Å².